The van der Waals surface area contributed by atoms with Gasteiger partial charge in [0, 0.05) is 12.0 Å². The summed E-state index contributed by atoms with van der Waals surface area (Å²) in [5, 5.41) is 11.3. The van der Waals surface area contributed by atoms with Gasteiger partial charge in [0.1, 0.15) is 12.2 Å². The van der Waals surface area contributed by atoms with Gasteiger partial charge in [0.15, 0.2) is 0 Å². The Morgan fingerprint density at radius 2 is 2.21 bits per heavy atom. The highest BCUT2D eigenvalue weighted by molar-refractivity contribution is 6.21. The molecule has 2 rings (SSSR count). The molecule has 80 valence electrons. The van der Waals surface area contributed by atoms with Crippen LogP contribution in [0.3, 0.4) is 0 Å². The molecule has 1 saturated heterocycles. The molecular formula is C9H13ClFNO2. The minimum absolute atomic E-state index is 0.00102. The van der Waals surface area contributed by atoms with Gasteiger partial charge < -0.3 is 10.4 Å². The molecule has 1 aliphatic carbocycles. The van der Waals surface area contributed by atoms with Crippen LogP contribution in [-0.4, -0.2) is 34.7 Å². The summed E-state index contributed by atoms with van der Waals surface area (Å²) in [6, 6.07) is -0.591. The van der Waals surface area contributed by atoms with Crippen molar-refractivity contribution in [3.63, 3.8) is 0 Å². The largest absolute Gasteiger partial charge is 0.480 e. The average Bonchev–Trinajstić information content (AvgIpc) is 2.56. The van der Waals surface area contributed by atoms with Gasteiger partial charge in [-0.2, -0.15) is 0 Å². The molecule has 2 aliphatic rings. The third-order valence-corrected chi connectivity index (χ3v) is 3.70. The molecule has 1 heterocycles. The number of rotatable bonds is 1. The topological polar surface area (TPSA) is 49.3 Å². The van der Waals surface area contributed by atoms with E-state index in [9.17, 15) is 9.18 Å². The second-order valence-corrected chi connectivity index (χ2v) is 4.66. The zero-order valence-corrected chi connectivity index (χ0v) is 8.38. The van der Waals surface area contributed by atoms with Crippen LogP contribution in [0.4, 0.5) is 4.39 Å². The number of halogens is 2. The zero-order valence-electron chi connectivity index (χ0n) is 7.62. The summed E-state index contributed by atoms with van der Waals surface area (Å²) in [4.78, 5) is 10.7. The minimum atomic E-state index is -1.06. The molecule has 2 N–H and O–H groups in total. The van der Waals surface area contributed by atoms with E-state index in [1.807, 2.05) is 0 Å². The molecule has 0 aromatic carbocycles. The Morgan fingerprint density at radius 3 is 2.86 bits per heavy atom. The highest BCUT2D eigenvalue weighted by atomic mass is 35.5. The van der Waals surface area contributed by atoms with Crippen molar-refractivity contribution in [3.05, 3.63) is 0 Å². The van der Waals surface area contributed by atoms with Crippen molar-refractivity contribution < 1.29 is 14.3 Å². The molecule has 0 spiro atoms. The number of aliphatic carboxylic acids is 1. The van der Waals surface area contributed by atoms with E-state index in [2.05, 4.69) is 5.32 Å². The smallest absolute Gasteiger partial charge is 0.320 e. The van der Waals surface area contributed by atoms with Gasteiger partial charge >= 0.3 is 5.97 Å². The van der Waals surface area contributed by atoms with E-state index in [1.54, 1.807) is 0 Å². The Morgan fingerprint density at radius 1 is 1.50 bits per heavy atom. The summed E-state index contributed by atoms with van der Waals surface area (Å²) in [5.41, 5.74) is 0. The molecule has 0 aromatic heterocycles. The highest BCUT2D eigenvalue weighted by Gasteiger charge is 2.46. The fourth-order valence-corrected chi connectivity index (χ4v) is 2.79. The molecule has 1 aliphatic heterocycles. The second kappa shape index (κ2) is 3.66. The van der Waals surface area contributed by atoms with Crippen molar-refractivity contribution in [1.82, 2.24) is 5.32 Å². The van der Waals surface area contributed by atoms with Crippen molar-refractivity contribution in [2.24, 2.45) is 5.92 Å². The van der Waals surface area contributed by atoms with Crippen LogP contribution in [0.1, 0.15) is 19.3 Å². The summed E-state index contributed by atoms with van der Waals surface area (Å²) >= 11 is 5.81. The van der Waals surface area contributed by atoms with E-state index < -0.39 is 23.6 Å². The van der Waals surface area contributed by atoms with E-state index in [4.69, 9.17) is 16.7 Å². The van der Waals surface area contributed by atoms with E-state index in [-0.39, 0.29) is 12.0 Å². The van der Waals surface area contributed by atoms with Crippen LogP contribution in [0.25, 0.3) is 0 Å². The van der Waals surface area contributed by atoms with E-state index in [1.165, 1.54) is 0 Å². The number of fused-ring (bicyclic) bond motifs is 1. The van der Waals surface area contributed by atoms with Gasteiger partial charge in [-0.15, -0.1) is 11.6 Å². The lowest BCUT2D eigenvalue weighted by molar-refractivity contribution is -0.139. The summed E-state index contributed by atoms with van der Waals surface area (Å²) < 4.78 is 13.6. The molecule has 1 saturated carbocycles. The van der Waals surface area contributed by atoms with Crippen molar-refractivity contribution >= 4 is 17.6 Å². The maximum Gasteiger partial charge on any atom is 0.320 e. The van der Waals surface area contributed by atoms with E-state index >= 15 is 0 Å². The average molecular weight is 222 g/mol. The Balaban J connectivity index is 2.06. The first-order chi connectivity index (χ1) is 6.59. The Labute approximate surface area is 86.6 Å². The molecule has 5 atom stereocenters. The molecular weight excluding hydrogens is 209 g/mol. The quantitative estimate of drug-likeness (QED) is 0.654. The van der Waals surface area contributed by atoms with Crippen LogP contribution in [0.2, 0.25) is 0 Å². The zero-order chi connectivity index (χ0) is 10.3. The molecule has 0 bridgehead atoms. The standard InChI is InChI=1S/C9H13ClFNO2/c10-5-1-2-6-4(8(5)11)3-7(12-6)9(13)14/h4-8,12H,1-3H2,(H,13,14). The first-order valence-electron chi connectivity index (χ1n) is 4.86. The normalized spacial score (nSPS) is 47.4. The van der Waals surface area contributed by atoms with Crippen LogP contribution in [-0.2, 0) is 4.79 Å². The van der Waals surface area contributed by atoms with Crippen LogP contribution in [0.5, 0.6) is 0 Å². The lowest BCUT2D eigenvalue weighted by Gasteiger charge is -2.31. The molecule has 5 heteroatoms. The van der Waals surface area contributed by atoms with Crippen molar-refractivity contribution in [2.45, 2.75) is 42.9 Å². The maximum atomic E-state index is 13.6. The fraction of sp³-hybridized carbons (Fsp3) is 0.889. The predicted octanol–water partition coefficient (Wildman–Crippen LogP) is 1.16. The summed E-state index contributed by atoms with van der Waals surface area (Å²) in [5.74, 6) is -1.11. The number of nitrogens with one attached hydrogen (secondary N) is 1. The third-order valence-electron chi connectivity index (χ3n) is 3.25. The van der Waals surface area contributed by atoms with Gasteiger partial charge in [0.05, 0.1) is 5.38 Å². The van der Waals surface area contributed by atoms with Crippen LogP contribution < -0.4 is 5.32 Å². The van der Waals surface area contributed by atoms with Crippen LogP contribution >= 0.6 is 11.6 Å². The number of hydrogen-bond donors (Lipinski definition) is 2. The van der Waals surface area contributed by atoms with Gasteiger partial charge in [0.25, 0.3) is 0 Å². The molecule has 14 heavy (non-hydrogen) atoms. The number of hydrogen-bond acceptors (Lipinski definition) is 2. The molecule has 0 amide bonds. The van der Waals surface area contributed by atoms with Crippen molar-refractivity contribution in [1.29, 1.82) is 0 Å². The van der Waals surface area contributed by atoms with Gasteiger partial charge in [-0.3, -0.25) is 4.79 Å². The highest BCUT2D eigenvalue weighted by Crippen LogP contribution is 2.37. The Kier molecular flexibility index (Phi) is 2.66. The summed E-state index contributed by atoms with van der Waals surface area (Å²) in [7, 11) is 0. The van der Waals surface area contributed by atoms with Gasteiger partial charge in [-0.1, -0.05) is 0 Å². The Hall–Kier alpha value is -0.350. The number of carbonyl (C=O) groups is 1. The second-order valence-electron chi connectivity index (χ2n) is 4.10. The molecule has 3 nitrogen and oxygen atoms in total. The lowest BCUT2D eigenvalue weighted by atomic mass is 9.83. The first kappa shape index (κ1) is 10.2. The fourth-order valence-electron chi connectivity index (χ4n) is 2.47. The van der Waals surface area contributed by atoms with Gasteiger partial charge in [-0.05, 0) is 19.3 Å². The van der Waals surface area contributed by atoms with Crippen LogP contribution in [0, 0.1) is 5.92 Å². The van der Waals surface area contributed by atoms with Gasteiger partial charge in [0.2, 0.25) is 0 Å². The molecule has 5 unspecified atom stereocenters. The molecule has 0 radical (unpaired) electrons. The minimum Gasteiger partial charge on any atom is -0.480 e. The molecule has 2 fully saturated rings. The summed E-state index contributed by atoms with van der Waals surface area (Å²) in [6.07, 6.45) is 0.712. The Bertz CT molecular complexity index is 251. The monoisotopic (exact) mass is 221 g/mol. The molecule has 0 aromatic rings. The van der Waals surface area contributed by atoms with Crippen molar-refractivity contribution in [3.8, 4) is 0 Å². The number of carboxylic acid groups (broad SMARTS) is 1. The number of carboxylic acids is 1. The van der Waals surface area contributed by atoms with E-state index in [0.29, 0.717) is 12.8 Å². The predicted molar refractivity (Wildman–Crippen MR) is 50.2 cm³/mol. The summed E-state index contributed by atoms with van der Waals surface area (Å²) in [6.45, 7) is 0. The maximum absolute atomic E-state index is 13.6. The van der Waals surface area contributed by atoms with Gasteiger partial charge in [-0.25, -0.2) is 4.39 Å². The number of alkyl halides is 2. The van der Waals surface area contributed by atoms with Crippen LogP contribution in [0.15, 0.2) is 0 Å². The first-order valence-corrected chi connectivity index (χ1v) is 5.30. The third kappa shape index (κ3) is 1.61. The van der Waals surface area contributed by atoms with Crippen molar-refractivity contribution in [2.75, 3.05) is 0 Å². The van der Waals surface area contributed by atoms with E-state index in [0.717, 1.165) is 6.42 Å². The lowest BCUT2D eigenvalue weighted by Crippen LogP contribution is -2.42. The SMILES string of the molecule is O=C(O)C1CC2C(CCC(Cl)C2F)N1.